The van der Waals surface area contributed by atoms with E-state index in [1.54, 1.807) is 12.1 Å². The van der Waals surface area contributed by atoms with Crippen molar-refractivity contribution in [2.24, 2.45) is 0 Å². The van der Waals surface area contributed by atoms with Gasteiger partial charge in [0.15, 0.2) is 0 Å². The van der Waals surface area contributed by atoms with Crippen LogP contribution in [-0.2, 0) is 0 Å². The molecule has 0 aromatic heterocycles. The van der Waals surface area contributed by atoms with Crippen LogP contribution >= 0.6 is 0 Å². The smallest absolute Gasteiger partial charge is 0.148 e. The molecule has 0 N–H and O–H groups in total. The molecule has 4 heteroatoms. The summed E-state index contributed by atoms with van der Waals surface area (Å²) < 4.78 is 23.1. The summed E-state index contributed by atoms with van der Waals surface area (Å²) in [6, 6.07) is 21.1. The van der Waals surface area contributed by atoms with Gasteiger partial charge in [0.2, 0.25) is 0 Å². The fourth-order valence-corrected chi connectivity index (χ4v) is 3.60. The van der Waals surface area contributed by atoms with Gasteiger partial charge in [-0.05, 0) is 17.7 Å². The Kier molecular flexibility index (Phi) is 9.16. The summed E-state index contributed by atoms with van der Waals surface area (Å²) in [5.74, 6) is 12.0. The molecular weight excluding hydrogens is 436 g/mol. The van der Waals surface area contributed by atoms with E-state index in [1.807, 2.05) is 54.6 Å². The van der Waals surface area contributed by atoms with Gasteiger partial charge >= 0.3 is 0 Å². The second kappa shape index (κ2) is 13.0. The van der Waals surface area contributed by atoms with Gasteiger partial charge < -0.3 is 18.9 Å². The monoisotopic (exact) mass is 460 g/mol. The number of hydrogen-bond donors (Lipinski definition) is 0. The molecule has 35 heavy (non-hydrogen) atoms. The van der Waals surface area contributed by atoms with Crippen molar-refractivity contribution in [3.8, 4) is 72.4 Å². The number of terminal acetylenes is 4. The Labute approximate surface area is 207 Å². The van der Waals surface area contributed by atoms with Gasteiger partial charge in [0.25, 0.3) is 0 Å². The standard InChI is InChI=1S/C31H24O4/c1-5-18-32-25-14-16-27(29(22-25)34-20-7-3)31(24-12-10-9-11-13-24)28-17-15-26(33-19-6-2)23-30(28)35-21-8-4/h1-4,9-17,22-23,31H,18-21H2. The first-order chi connectivity index (χ1) is 17.2. The van der Waals surface area contributed by atoms with E-state index in [0.29, 0.717) is 23.0 Å². The minimum Gasteiger partial charge on any atom is -0.481 e. The molecule has 0 saturated heterocycles. The van der Waals surface area contributed by atoms with Gasteiger partial charge in [-0.2, -0.15) is 0 Å². The summed E-state index contributed by atoms with van der Waals surface area (Å²) in [7, 11) is 0. The number of hydrogen-bond acceptors (Lipinski definition) is 4. The molecule has 0 heterocycles. The zero-order chi connectivity index (χ0) is 24.9. The third kappa shape index (κ3) is 6.55. The molecule has 0 aliphatic heterocycles. The predicted molar refractivity (Wildman–Crippen MR) is 138 cm³/mol. The molecule has 172 valence electrons. The van der Waals surface area contributed by atoms with E-state index in [0.717, 1.165) is 16.7 Å². The lowest BCUT2D eigenvalue weighted by Gasteiger charge is -2.24. The fraction of sp³-hybridized carbons (Fsp3) is 0.161. The molecule has 0 radical (unpaired) electrons. The van der Waals surface area contributed by atoms with Crippen molar-refractivity contribution in [3.05, 3.63) is 83.4 Å². The van der Waals surface area contributed by atoms with Gasteiger partial charge in [0, 0.05) is 29.2 Å². The van der Waals surface area contributed by atoms with Gasteiger partial charge in [-0.1, -0.05) is 66.1 Å². The molecule has 0 saturated carbocycles. The number of benzene rings is 3. The molecule has 0 unspecified atom stereocenters. The van der Waals surface area contributed by atoms with Crippen molar-refractivity contribution in [2.45, 2.75) is 5.92 Å². The van der Waals surface area contributed by atoms with Crippen LogP contribution in [0.3, 0.4) is 0 Å². The molecule has 0 aliphatic carbocycles. The van der Waals surface area contributed by atoms with Crippen LogP contribution in [0.25, 0.3) is 0 Å². The van der Waals surface area contributed by atoms with Crippen LogP contribution in [0.15, 0.2) is 66.7 Å². The molecule has 0 bridgehead atoms. The van der Waals surface area contributed by atoms with Crippen LogP contribution in [0.5, 0.6) is 23.0 Å². The topological polar surface area (TPSA) is 36.9 Å². The summed E-state index contributed by atoms with van der Waals surface area (Å²) in [6.45, 7) is 0.456. The molecule has 0 fully saturated rings. The molecule has 0 atom stereocenters. The van der Waals surface area contributed by atoms with Crippen molar-refractivity contribution in [3.63, 3.8) is 0 Å². The fourth-order valence-electron chi connectivity index (χ4n) is 3.60. The van der Waals surface area contributed by atoms with Crippen molar-refractivity contribution >= 4 is 0 Å². The van der Waals surface area contributed by atoms with E-state index in [4.69, 9.17) is 44.6 Å². The van der Waals surface area contributed by atoms with Crippen molar-refractivity contribution in [2.75, 3.05) is 26.4 Å². The van der Waals surface area contributed by atoms with Gasteiger partial charge in [-0.3, -0.25) is 0 Å². The Morgan fingerprint density at radius 2 is 0.971 bits per heavy atom. The molecular formula is C31H24O4. The van der Waals surface area contributed by atoms with Crippen LogP contribution in [0.2, 0.25) is 0 Å². The predicted octanol–water partition coefficient (Wildman–Crippen LogP) is 4.91. The third-order valence-corrected chi connectivity index (χ3v) is 4.99. The van der Waals surface area contributed by atoms with E-state index in [1.165, 1.54) is 0 Å². The highest BCUT2D eigenvalue weighted by molar-refractivity contribution is 5.56. The maximum absolute atomic E-state index is 5.94. The minimum absolute atomic E-state index is 0.0897. The van der Waals surface area contributed by atoms with Gasteiger partial charge in [0.1, 0.15) is 49.4 Å². The quantitative estimate of drug-likeness (QED) is 0.301. The number of rotatable bonds is 11. The van der Waals surface area contributed by atoms with Crippen LogP contribution in [0.4, 0.5) is 0 Å². The SMILES string of the molecule is C#CCOc1ccc(C(c2ccccc2)c2ccc(OCC#C)cc2OCC#C)c(OCC#C)c1. The maximum Gasteiger partial charge on any atom is 0.148 e. The lowest BCUT2D eigenvalue weighted by molar-refractivity contribution is 0.345. The first kappa shape index (κ1) is 24.7. The van der Waals surface area contributed by atoms with Crippen LogP contribution in [-0.4, -0.2) is 26.4 Å². The largest absolute Gasteiger partial charge is 0.481 e. The van der Waals surface area contributed by atoms with Crippen LogP contribution < -0.4 is 18.9 Å². The summed E-state index contributed by atoms with van der Waals surface area (Å²) in [6.07, 6.45) is 21.6. The maximum atomic E-state index is 5.94. The van der Waals surface area contributed by atoms with Crippen molar-refractivity contribution < 1.29 is 18.9 Å². The van der Waals surface area contributed by atoms with Gasteiger partial charge in [0.05, 0.1) is 0 Å². The summed E-state index contributed by atoms with van der Waals surface area (Å²) in [5, 5.41) is 0. The van der Waals surface area contributed by atoms with Crippen LogP contribution in [0.1, 0.15) is 22.6 Å². The molecule has 3 rings (SSSR count). The van der Waals surface area contributed by atoms with Crippen LogP contribution in [0, 0.1) is 49.4 Å². The number of ether oxygens (including phenoxy) is 4. The highest BCUT2D eigenvalue weighted by atomic mass is 16.5. The third-order valence-electron chi connectivity index (χ3n) is 4.99. The van der Waals surface area contributed by atoms with E-state index in [-0.39, 0.29) is 32.3 Å². The summed E-state index contributed by atoms with van der Waals surface area (Å²) in [5.41, 5.74) is 2.74. The zero-order valence-corrected chi connectivity index (χ0v) is 19.2. The molecule has 3 aromatic carbocycles. The van der Waals surface area contributed by atoms with E-state index < -0.39 is 0 Å². The normalized spacial score (nSPS) is 9.74. The average Bonchev–Trinajstić information content (AvgIpc) is 2.90. The Morgan fingerprint density at radius 3 is 1.40 bits per heavy atom. The van der Waals surface area contributed by atoms with Gasteiger partial charge in [-0.15, -0.1) is 25.7 Å². The van der Waals surface area contributed by atoms with E-state index >= 15 is 0 Å². The van der Waals surface area contributed by atoms with Crippen molar-refractivity contribution in [1.29, 1.82) is 0 Å². The molecule has 0 aliphatic rings. The second-order valence-corrected chi connectivity index (χ2v) is 7.21. The lowest BCUT2D eigenvalue weighted by Crippen LogP contribution is -2.10. The Bertz CT molecular complexity index is 1210. The van der Waals surface area contributed by atoms with E-state index in [9.17, 15) is 0 Å². The highest BCUT2D eigenvalue weighted by Gasteiger charge is 2.25. The Balaban J connectivity index is 2.19. The first-order valence-corrected chi connectivity index (χ1v) is 10.8. The van der Waals surface area contributed by atoms with Crippen molar-refractivity contribution in [1.82, 2.24) is 0 Å². The van der Waals surface area contributed by atoms with Gasteiger partial charge in [-0.25, -0.2) is 0 Å². The lowest BCUT2D eigenvalue weighted by atomic mass is 9.84. The zero-order valence-electron chi connectivity index (χ0n) is 19.2. The molecule has 0 amide bonds. The molecule has 4 nitrogen and oxygen atoms in total. The minimum atomic E-state index is -0.278. The second-order valence-electron chi connectivity index (χ2n) is 7.21. The van der Waals surface area contributed by atoms with E-state index in [2.05, 4.69) is 23.7 Å². The highest BCUT2D eigenvalue weighted by Crippen LogP contribution is 2.43. The summed E-state index contributed by atoms with van der Waals surface area (Å²) in [4.78, 5) is 0. The summed E-state index contributed by atoms with van der Waals surface area (Å²) >= 11 is 0. The first-order valence-electron chi connectivity index (χ1n) is 10.8. The Morgan fingerprint density at radius 1 is 0.543 bits per heavy atom. The Hall–Kier alpha value is -4.90. The molecule has 3 aromatic rings. The molecule has 0 spiro atoms. The average molecular weight is 461 g/mol.